The number of nitrogens with zero attached hydrogens (tertiary/aromatic N) is 2. The summed E-state index contributed by atoms with van der Waals surface area (Å²) in [5.74, 6) is 0.830. The zero-order valence-corrected chi connectivity index (χ0v) is 27.1. The van der Waals surface area contributed by atoms with Crippen LogP contribution < -0.4 is 10.6 Å². The first-order valence-corrected chi connectivity index (χ1v) is 17.0. The Bertz CT molecular complexity index is 2690. The number of fused-ring (bicyclic) bond motifs is 7. The van der Waals surface area contributed by atoms with Gasteiger partial charge in [-0.3, -0.25) is 5.32 Å². The molecule has 3 heterocycles. The molecule has 9 aromatic rings. The van der Waals surface area contributed by atoms with Gasteiger partial charge in [0.15, 0.2) is 11.9 Å². The van der Waals surface area contributed by atoms with Crippen molar-refractivity contribution in [3.05, 3.63) is 181 Å². The van der Waals surface area contributed by atoms with Gasteiger partial charge in [0, 0.05) is 32.7 Å². The van der Waals surface area contributed by atoms with Crippen molar-refractivity contribution in [3.63, 3.8) is 0 Å². The minimum absolute atomic E-state index is 0.182. The SMILES string of the molecule is c1ccc(-c2ccc(C3=NC(n4c5ccccc5c5ccc6c7cccc(-c8ccccc8)c7oc6c54)NC(c4ccccc4)N3)cc2)cc1. The van der Waals surface area contributed by atoms with Crippen LogP contribution in [0.15, 0.2) is 179 Å². The molecule has 0 bridgehead atoms. The second kappa shape index (κ2) is 11.6. The maximum absolute atomic E-state index is 6.98. The number of aromatic nitrogens is 1. The number of hydrogen-bond donors (Lipinski definition) is 2. The van der Waals surface area contributed by atoms with E-state index in [-0.39, 0.29) is 6.17 Å². The molecule has 2 unspecified atom stereocenters. The van der Waals surface area contributed by atoms with E-state index >= 15 is 0 Å². The highest BCUT2D eigenvalue weighted by molar-refractivity contribution is 6.22. The molecule has 0 saturated heterocycles. The van der Waals surface area contributed by atoms with Crippen molar-refractivity contribution >= 4 is 49.6 Å². The first-order chi connectivity index (χ1) is 24.8. The van der Waals surface area contributed by atoms with Gasteiger partial charge in [-0.2, -0.15) is 0 Å². The van der Waals surface area contributed by atoms with E-state index in [4.69, 9.17) is 9.41 Å². The number of furan rings is 1. The van der Waals surface area contributed by atoms with Crippen LogP contribution in [0.25, 0.3) is 66.0 Å². The second-order valence-corrected chi connectivity index (χ2v) is 12.8. The summed E-state index contributed by atoms with van der Waals surface area (Å²) in [7, 11) is 0. The maximum Gasteiger partial charge on any atom is 0.184 e. The molecule has 1 aliphatic heterocycles. The third-order valence-electron chi connectivity index (χ3n) is 9.91. The molecular weight excluding hydrogens is 613 g/mol. The van der Waals surface area contributed by atoms with Crippen LogP contribution in [0.2, 0.25) is 0 Å². The summed E-state index contributed by atoms with van der Waals surface area (Å²) in [6, 6.07) is 59.6. The molecule has 7 aromatic carbocycles. The van der Waals surface area contributed by atoms with Gasteiger partial charge in [-0.05, 0) is 34.4 Å². The molecule has 50 heavy (non-hydrogen) atoms. The molecule has 0 fully saturated rings. The van der Waals surface area contributed by atoms with Crippen LogP contribution in [0.1, 0.15) is 23.6 Å². The molecule has 2 aromatic heterocycles. The van der Waals surface area contributed by atoms with Crippen molar-refractivity contribution in [2.24, 2.45) is 4.99 Å². The summed E-state index contributed by atoms with van der Waals surface area (Å²) in [4.78, 5) is 5.41. The molecule has 0 spiro atoms. The van der Waals surface area contributed by atoms with Gasteiger partial charge < -0.3 is 14.3 Å². The van der Waals surface area contributed by atoms with Crippen molar-refractivity contribution < 1.29 is 4.42 Å². The summed E-state index contributed by atoms with van der Waals surface area (Å²) >= 11 is 0. The van der Waals surface area contributed by atoms with Crippen LogP contribution in [-0.2, 0) is 0 Å². The van der Waals surface area contributed by atoms with Crippen molar-refractivity contribution in [2.45, 2.75) is 12.5 Å². The zero-order valence-electron chi connectivity index (χ0n) is 27.1. The molecule has 5 heteroatoms. The Morgan fingerprint density at radius 2 is 1.08 bits per heavy atom. The van der Waals surface area contributed by atoms with Gasteiger partial charge in [0.05, 0.1) is 11.0 Å². The lowest BCUT2D eigenvalue weighted by Gasteiger charge is -2.33. The van der Waals surface area contributed by atoms with Crippen LogP contribution in [-0.4, -0.2) is 10.4 Å². The van der Waals surface area contributed by atoms with E-state index < -0.39 is 6.29 Å². The molecule has 2 atom stereocenters. The molecule has 5 nitrogen and oxygen atoms in total. The van der Waals surface area contributed by atoms with Crippen LogP contribution in [0.3, 0.4) is 0 Å². The topological polar surface area (TPSA) is 54.5 Å². The number of amidine groups is 1. The highest BCUT2D eigenvalue weighted by Gasteiger charge is 2.29. The van der Waals surface area contributed by atoms with E-state index in [1.54, 1.807) is 0 Å². The number of nitrogens with one attached hydrogen (secondary N) is 2. The molecule has 0 saturated carbocycles. The van der Waals surface area contributed by atoms with Crippen molar-refractivity contribution in [2.75, 3.05) is 0 Å². The van der Waals surface area contributed by atoms with Gasteiger partial charge in [-0.15, -0.1) is 0 Å². The van der Waals surface area contributed by atoms with Gasteiger partial charge >= 0.3 is 0 Å². The van der Waals surface area contributed by atoms with E-state index in [1.165, 1.54) is 11.1 Å². The molecule has 2 N–H and O–H groups in total. The third-order valence-corrected chi connectivity index (χ3v) is 9.91. The van der Waals surface area contributed by atoms with E-state index in [0.717, 1.165) is 71.8 Å². The fourth-order valence-electron chi connectivity index (χ4n) is 7.53. The summed E-state index contributed by atoms with van der Waals surface area (Å²) in [5.41, 5.74) is 10.6. The Hall–Kier alpha value is -6.43. The number of rotatable bonds is 5. The normalized spacial score (nSPS) is 16.2. The van der Waals surface area contributed by atoms with E-state index in [0.29, 0.717) is 0 Å². The minimum Gasteiger partial charge on any atom is -0.453 e. The molecule has 238 valence electrons. The van der Waals surface area contributed by atoms with E-state index in [9.17, 15) is 0 Å². The fourth-order valence-corrected chi connectivity index (χ4v) is 7.53. The molecule has 1 aliphatic rings. The summed E-state index contributed by atoms with van der Waals surface area (Å²) in [6.07, 6.45) is -0.613. The predicted molar refractivity (Wildman–Crippen MR) is 205 cm³/mol. The highest BCUT2D eigenvalue weighted by atomic mass is 16.3. The van der Waals surface area contributed by atoms with Crippen LogP contribution in [0.5, 0.6) is 0 Å². The molecule has 10 rings (SSSR count). The quantitative estimate of drug-likeness (QED) is 0.196. The lowest BCUT2D eigenvalue weighted by atomic mass is 10.0. The number of benzene rings is 7. The second-order valence-electron chi connectivity index (χ2n) is 12.8. The van der Waals surface area contributed by atoms with E-state index in [2.05, 4.69) is 173 Å². The van der Waals surface area contributed by atoms with Gasteiger partial charge in [0.1, 0.15) is 17.6 Å². The van der Waals surface area contributed by atoms with Gasteiger partial charge in [-0.1, -0.05) is 158 Å². The summed E-state index contributed by atoms with van der Waals surface area (Å²) in [6.45, 7) is 0. The molecule has 0 aliphatic carbocycles. The number of hydrogen-bond acceptors (Lipinski definition) is 4. The van der Waals surface area contributed by atoms with Crippen LogP contribution in [0, 0.1) is 0 Å². The van der Waals surface area contributed by atoms with Crippen molar-refractivity contribution in [1.82, 2.24) is 15.2 Å². The fraction of sp³-hybridized carbons (Fsp3) is 0.0444. The van der Waals surface area contributed by atoms with Crippen LogP contribution in [0.4, 0.5) is 0 Å². The monoisotopic (exact) mass is 644 g/mol. The smallest absolute Gasteiger partial charge is 0.184 e. The highest BCUT2D eigenvalue weighted by Crippen LogP contribution is 2.43. The molecular formula is C45H32N4O. The van der Waals surface area contributed by atoms with E-state index in [1.807, 2.05) is 12.1 Å². The third kappa shape index (κ3) is 4.63. The van der Waals surface area contributed by atoms with Gasteiger partial charge in [0.25, 0.3) is 0 Å². The summed E-state index contributed by atoms with van der Waals surface area (Å²) < 4.78 is 9.30. The Balaban J connectivity index is 1.20. The average Bonchev–Trinajstić information content (AvgIpc) is 3.75. The minimum atomic E-state index is -0.430. The molecule has 0 amide bonds. The average molecular weight is 645 g/mol. The predicted octanol–water partition coefficient (Wildman–Crippen LogP) is 10.8. The lowest BCUT2D eigenvalue weighted by Crippen LogP contribution is -2.46. The van der Waals surface area contributed by atoms with Crippen molar-refractivity contribution in [3.8, 4) is 22.3 Å². The van der Waals surface area contributed by atoms with Gasteiger partial charge in [0.2, 0.25) is 0 Å². The first kappa shape index (κ1) is 28.6. The number of para-hydroxylation sites is 2. The Morgan fingerprint density at radius 1 is 0.480 bits per heavy atom. The Labute approximate surface area is 289 Å². The summed E-state index contributed by atoms with van der Waals surface area (Å²) in [5, 5.41) is 12.1. The first-order valence-electron chi connectivity index (χ1n) is 17.0. The maximum atomic E-state index is 6.98. The van der Waals surface area contributed by atoms with Crippen LogP contribution >= 0.6 is 0 Å². The van der Waals surface area contributed by atoms with Gasteiger partial charge in [-0.25, -0.2) is 4.99 Å². The largest absolute Gasteiger partial charge is 0.453 e. The number of aliphatic imine (C=N–C) groups is 1. The molecule has 0 radical (unpaired) electrons. The van der Waals surface area contributed by atoms with Crippen molar-refractivity contribution in [1.29, 1.82) is 0 Å². The lowest BCUT2D eigenvalue weighted by molar-refractivity contribution is 0.341. The standard InChI is InChI=1S/C45H32N4O/c1-4-13-29(14-5-1)30-23-25-33(26-24-30)44-46-43(32-17-8-3-9-18-32)47-45(48-44)49-39-22-11-10-19-35(39)36-27-28-38-37-21-12-20-34(31-15-6-2-7-16-31)41(37)50-42(38)40(36)49/h1-28,43,45,47H,(H,46,48). The Morgan fingerprint density at radius 3 is 1.86 bits per heavy atom. The zero-order chi connectivity index (χ0) is 33.0. The Kier molecular flexibility index (Phi) is 6.64.